The fourth-order valence-corrected chi connectivity index (χ4v) is 3.57. The molecule has 0 spiro atoms. The fourth-order valence-electron chi connectivity index (χ4n) is 2.82. The maximum atomic E-state index is 12.3. The molecule has 1 aliphatic heterocycles. The van der Waals surface area contributed by atoms with Gasteiger partial charge in [0.2, 0.25) is 5.91 Å². The highest BCUT2D eigenvalue weighted by Gasteiger charge is 2.29. The Morgan fingerprint density at radius 3 is 3.04 bits per heavy atom. The van der Waals surface area contributed by atoms with Gasteiger partial charge in [0.1, 0.15) is 15.8 Å². The van der Waals surface area contributed by atoms with Gasteiger partial charge in [-0.25, -0.2) is 14.6 Å². The van der Waals surface area contributed by atoms with E-state index in [1.165, 1.54) is 6.33 Å². The summed E-state index contributed by atoms with van der Waals surface area (Å²) in [6.07, 6.45) is 5.83. The molecule has 1 amide bonds. The highest BCUT2D eigenvalue weighted by atomic mass is 127. The molecule has 1 saturated heterocycles. The van der Waals surface area contributed by atoms with Crippen molar-refractivity contribution in [1.82, 2.24) is 29.5 Å². The molecule has 24 heavy (non-hydrogen) atoms. The third-order valence-corrected chi connectivity index (χ3v) is 4.78. The van der Waals surface area contributed by atoms with Crippen LogP contribution in [-0.4, -0.2) is 69.2 Å². The molecule has 0 aliphatic carbocycles. The average molecular weight is 441 g/mol. The number of aromatic nitrogens is 4. The second-order valence-electron chi connectivity index (χ2n) is 6.08. The maximum Gasteiger partial charge on any atom is 0.246 e. The normalized spacial score (nSPS) is 18.3. The molecule has 0 saturated carbocycles. The van der Waals surface area contributed by atoms with Gasteiger partial charge < -0.3 is 15.5 Å². The SMILES string of the molecule is CN(C)C/C=C/C(=O)N1CC[C@@H](n2nc(I)c3c(N)ncnc32)C1. The summed E-state index contributed by atoms with van der Waals surface area (Å²) in [6.45, 7) is 2.09. The lowest BCUT2D eigenvalue weighted by Crippen LogP contribution is -2.28. The van der Waals surface area contributed by atoms with Crippen molar-refractivity contribution in [3.63, 3.8) is 0 Å². The van der Waals surface area contributed by atoms with E-state index in [-0.39, 0.29) is 11.9 Å². The van der Waals surface area contributed by atoms with Gasteiger partial charge in [-0.1, -0.05) is 6.08 Å². The lowest BCUT2D eigenvalue weighted by Gasteiger charge is -2.15. The average Bonchev–Trinajstić information content (AvgIpc) is 3.12. The molecule has 2 N–H and O–H groups in total. The summed E-state index contributed by atoms with van der Waals surface area (Å²) < 4.78 is 2.67. The monoisotopic (exact) mass is 441 g/mol. The van der Waals surface area contributed by atoms with Gasteiger partial charge in [-0.05, 0) is 43.1 Å². The Morgan fingerprint density at radius 1 is 1.50 bits per heavy atom. The predicted octanol–water partition coefficient (Wildman–Crippen LogP) is 0.904. The van der Waals surface area contributed by atoms with Crippen LogP contribution in [0.3, 0.4) is 0 Å². The van der Waals surface area contributed by atoms with Crippen molar-refractivity contribution in [3.8, 4) is 0 Å². The van der Waals surface area contributed by atoms with Crippen LogP contribution in [0.25, 0.3) is 11.0 Å². The highest BCUT2D eigenvalue weighted by Crippen LogP contribution is 2.29. The van der Waals surface area contributed by atoms with Gasteiger partial charge in [0.25, 0.3) is 0 Å². The minimum atomic E-state index is 0.0413. The first-order valence-electron chi connectivity index (χ1n) is 7.71. The van der Waals surface area contributed by atoms with Crippen LogP contribution in [0.15, 0.2) is 18.5 Å². The van der Waals surface area contributed by atoms with Crippen molar-refractivity contribution < 1.29 is 4.79 Å². The molecule has 0 bridgehead atoms. The predicted molar refractivity (Wildman–Crippen MR) is 100 cm³/mol. The topological polar surface area (TPSA) is 93.2 Å². The van der Waals surface area contributed by atoms with Crippen molar-refractivity contribution in [2.75, 3.05) is 39.5 Å². The molecule has 1 fully saturated rings. The van der Waals surface area contributed by atoms with Gasteiger partial charge >= 0.3 is 0 Å². The van der Waals surface area contributed by atoms with Gasteiger partial charge in [0.05, 0.1) is 11.4 Å². The Morgan fingerprint density at radius 2 is 2.29 bits per heavy atom. The van der Waals surface area contributed by atoms with Gasteiger partial charge in [-0.2, -0.15) is 5.10 Å². The summed E-state index contributed by atoms with van der Waals surface area (Å²) in [4.78, 5) is 24.5. The number of halogens is 1. The first-order valence-corrected chi connectivity index (χ1v) is 8.79. The van der Waals surface area contributed by atoms with Gasteiger partial charge in [0.15, 0.2) is 5.65 Å². The Kier molecular flexibility index (Phi) is 4.99. The van der Waals surface area contributed by atoms with Crippen molar-refractivity contribution in [2.24, 2.45) is 0 Å². The molecule has 2 aromatic rings. The number of rotatable bonds is 4. The Balaban J connectivity index is 1.76. The van der Waals surface area contributed by atoms with Gasteiger partial charge in [0, 0.05) is 25.7 Å². The van der Waals surface area contributed by atoms with Crippen molar-refractivity contribution in [2.45, 2.75) is 12.5 Å². The zero-order valence-corrected chi connectivity index (χ0v) is 15.8. The zero-order chi connectivity index (χ0) is 17.3. The highest BCUT2D eigenvalue weighted by molar-refractivity contribution is 14.1. The van der Waals surface area contributed by atoms with E-state index in [0.717, 1.165) is 27.7 Å². The summed E-state index contributed by atoms with van der Waals surface area (Å²) in [5, 5.41) is 5.36. The molecule has 9 heteroatoms. The molecule has 3 rings (SSSR count). The second kappa shape index (κ2) is 7.01. The summed E-state index contributed by atoms with van der Waals surface area (Å²) in [6, 6.07) is 0.108. The summed E-state index contributed by atoms with van der Waals surface area (Å²) in [7, 11) is 3.94. The van der Waals surface area contributed by atoms with Crippen LogP contribution in [0.1, 0.15) is 12.5 Å². The molecular formula is C15H20IN7O. The lowest BCUT2D eigenvalue weighted by atomic mass is 10.2. The number of hydrogen-bond donors (Lipinski definition) is 1. The van der Waals surface area contributed by atoms with Crippen LogP contribution in [0, 0.1) is 3.70 Å². The van der Waals surface area contributed by atoms with Crippen LogP contribution in [0.4, 0.5) is 5.82 Å². The number of carbonyl (C=O) groups excluding carboxylic acids is 1. The largest absolute Gasteiger partial charge is 0.383 e. The molecule has 1 aliphatic rings. The third-order valence-electron chi connectivity index (χ3n) is 4.03. The molecule has 128 valence electrons. The van der Waals surface area contributed by atoms with Crippen LogP contribution in [-0.2, 0) is 4.79 Å². The van der Waals surface area contributed by atoms with Crippen LogP contribution >= 0.6 is 22.6 Å². The lowest BCUT2D eigenvalue weighted by molar-refractivity contribution is -0.125. The molecule has 0 radical (unpaired) electrons. The van der Waals surface area contributed by atoms with Crippen molar-refractivity contribution in [1.29, 1.82) is 0 Å². The number of nitrogens with zero attached hydrogens (tertiary/aromatic N) is 6. The summed E-state index contributed by atoms with van der Waals surface area (Å²) in [5.74, 6) is 0.479. The number of nitrogen functional groups attached to an aromatic ring is 1. The van der Waals surface area contributed by atoms with Crippen LogP contribution in [0.2, 0.25) is 0 Å². The van der Waals surface area contributed by atoms with E-state index in [1.807, 2.05) is 34.7 Å². The second-order valence-corrected chi connectivity index (χ2v) is 7.11. The molecule has 2 aromatic heterocycles. The fraction of sp³-hybridized carbons (Fsp3) is 0.467. The molecular weight excluding hydrogens is 421 g/mol. The molecule has 0 aromatic carbocycles. The quantitative estimate of drug-likeness (QED) is 0.560. The Labute approximate surface area is 153 Å². The van der Waals surface area contributed by atoms with E-state index < -0.39 is 0 Å². The number of hydrogen-bond acceptors (Lipinski definition) is 6. The van der Waals surface area contributed by atoms with Crippen molar-refractivity contribution >= 4 is 45.3 Å². The number of nitrogens with two attached hydrogens (primary N) is 1. The van der Waals surface area contributed by atoms with E-state index >= 15 is 0 Å². The minimum Gasteiger partial charge on any atom is -0.383 e. The van der Waals surface area contributed by atoms with E-state index in [0.29, 0.717) is 18.9 Å². The van der Waals surface area contributed by atoms with Crippen LogP contribution < -0.4 is 5.73 Å². The number of amides is 1. The minimum absolute atomic E-state index is 0.0413. The number of likely N-dealkylation sites (tertiary alicyclic amines) is 1. The molecule has 0 unspecified atom stereocenters. The molecule has 1 atom stereocenters. The summed E-state index contributed by atoms with van der Waals surface area (Å²) >= 11 is 2.15. The molecule has 8 nitrogen and oxygen atoms in total. The third kappa shape index (κ3) is 3.36. The van der Waals surface area contributed by atoms with Crippen molar-refractivity contribution in [3.05, 3.63) is 22.2 Å². The standard InChI is InChI=1S/C15H20IN7O/c1-21(2)6-3-4-11(24)22-7-5-10(8-22)23-15-12(13(16)20-23)14(17)18-9-19-15/h3-4,9-10H,5-8H2,1-2H3,(H2,17,18,19)/b4-3+/t10-/m1/s1. The Bertz CT molecular complexity index is 785. The van der Waals surface area contributed by atoms with Gasteiger partial charge in [-0.15, -0.1) is 0 Å². The van der Waals surface area contributed by atoms with E-state index in [1.54, 1.807) is 6.08 Å². The van der Waals surface area contributed by atoms with Crippen LogP contribution in [0.5, 0.6) is 0 Å². The number of carbonyl (C=O) groups is 1. The number of fused-ring (bicyclic) bond motifs is 1. The first kappa shape index (κ1) is 17.1. The zero-order valence-electron chi connectivity index (χ0n) is 13.7. The number of likely N-dealkylation sites (N-methyl/N-ethyl adjacent to an activating group) is 1. The van der Waals surface area contributed by atoms with E-state index in [9.17, 15) is 4.79 Å². The number of anilines is 1. The van der Waals surface area contributed by atoms with E-state index in [2.05, 4.69) is 37.7 Å². The first-order chi connectivity index (χ1) is 11.5. The van der Waals surface area contributed by atoms with Gasteiger partial charge in [-0.3, -0.25) is 4.79 Å². The maximum absolute atomic E-state index is 12.3. The smallest absolute Gasteiger partial charge is 0.246 e. The summed E-state index contributed by atoms with van der Waals surface area (Å²) in [5.41, 5.74) is 6.67. The Hall–Kier alpha value is -1.75. The van der Waals surface area contributed by atoms with E-state index in [4.69, 9.17) is 5.73 Å². The molecule has 3 heterocycles.